The predicted molar refractivity (Wildman–Crippen MR) is 74.0 cm³/mol. The van der Waals surface area contributed by atoms with Gasteiger partial charge < -0.3 is 14.6 Å². The van der Waals surface area contributed by atoms with Crippen LogP contribution >= 0.6 is 0 Å². The summed E-state index contributed by atoms with van der Waals surface area (Å²) >= 11 is 0. The molecule has 7 nitrogen and oxygen atoms in total. The summed E-state index contributed by atoms with van der Waals surface area (Å²) in [4.78, 5) is 11.0. The number of rotatable bonds is 5. The van der Waals surface area contributed by atoms with Gasteiger partial charge in [0, 0.05) is 19.2 Å². The number of aliphatic carboxylic acids is 1. The largest absolute Gasteiger partial charge is 0.497 e. The van der Waals surface area contributed by atoms with Gasteiger partial charge in [-0.15, -0.1) is 0 Å². The first kappa shape index (κ1) is 15.6. The molecule has 0 amide bonds. The van der Waals surface area contributed by atoms with E-state index in [1.165, 1.54) is 36.7 Å². The maximum atomic E-state index is 12.6. The molecule has 1 aliphatic rings. The minimum Gasteiger partial charge on any atom is -0.497 e. The highest BCUT2D eigenvalue weighted by molar-refractivity contribution is 7.89. The third-order valence-corrected chi connectivity index (χ3v) is 5.39. The number of nitrogens with zero attached hydrogens (tertiary/aromatic N) is 1. The first-order valence-electron chi connectivity index (χ1n) is 6.35. The Hall–Kier alpha value is -1.80. The summed E-state index contributed by atoms with van der Waals surface area (Å²) in [5, 5.41) is 8.97. The number of ether oxygens (including phenoxy) is 2. The molecule has 0 saturated carbocycles. The number of carboxylic acids is 1. The van der Waals surface area contributed by atoms with Gasteiger partial charge in [-0.3, -0.25) is 4.79 Å². The summed E-state index contributed by atoms with van der Waals surface area (Å²) in [6, 6.07) is 4.42. The predicted octanol–water partition coefficient (Wildman–Crippen LogP) is 0.799. The van der Waals surface area contributed by atoms with Gasteiger partial charge in [0.15, 0.2) is 0 Å². The molecule has 1 atom stereocenters. The highest BCUT2D eigenvalue weighted by Gasteiger charge is 2.37. The van der Waals surface area contributed by atoms with Crippen molar-refractivity contribution in [3.8, 4) is 11.5 Å². The summed E-state index contributed by atoms with van der Waals surface area (Å²) < 4.78 is 36.5. The van der Waals surface area contributed by atoms with E-state index in [1.807, 2.05) is 0 Å². The lowest BCUT2D eigenvalue weighted by Crippen LogP contribution is -2.30. The smallest absolute Gasteiger partial charge is 0.307 e. The number of hydrogen-bond acceptors (Lipinski definition) is 5. The van der Waals surface area contributed by atoms with Crippen LogP contribution in [0, 0.1) is 5.92 Å². The number of carboxylic acid groups (broad SMARTS) is 1. The maximum absolute atomic E-state index is 12.6. The molecule has 2 rings (SSSR count). The average Bonchev–Trinajstić information content (AvgIpc) is 2.97. The number of sulfonamides is 1. The Balaban J connectivity index is 2.34. The average molecular weight is 315 g/mol. The Morgan fingerprint density at radius 2 is 2.05 bits per heavy atom. The highest BCUT2D eigenvalue weighted by Crippen LogP contribution is 2.32. The van der Waals surface area contributed by atoms with Crippen LogP contribution in [-0.4, -0.2) is 51.1 Å². The van der Waals surface area contributed by atoms with Gasteiger partial charge in [0.1, 0.15) is 16.4 Å². The van der Waals surface area contributed by atoms with Crippen molar-refractivity contribution >= 4 is 16.0 Å². The van der Waals surface area contributed by atoms with Crippen LogP contribution in [0.3, 0.4) is 0 Å². The topological polar surface area (TPSA) is 93.1 Å². The van der Waals surface area contributed by atoms with Crippen LogP contribution in [0.15, 0.2) is 23.1 Å². The number of benzene rings is 1. The van der Waals surface area contributed by atoms with E-state index in [2.05, 4.69) is 0 Å². The van der Waals surface area contributed by atoms with E-state index in [9.17, 15) is 13.2 Å². The Morgan fingerprint density at radius 1 is 1.33 bits per heavy atom. The molecular weight excluding hydrogens is 298 g/mol. The third-order valence-electron chi connectivity index (χ3n) is 3.49. The zero-order valence-corrected chi connectivity index (χ0v) is 12.6. The zero-order chi connectivity index (χ0) is 15.6. The molecule has 1 aliphatic heterocycles. The maximum Gasteiger partial charge on any atom is 0.307 e. The van der Waals surface area contributed by atoms with E-state index in [0.29, 0.717) is 12.2 Å². The van der Waals surface area contributed by atoms with Crippen molar-refractivity contribution in [3.63, 3.8) is 0 Å². The van der Waals surface area contributed by atoms with Crippen molar-refractivity contribution in [2.24, 2.45) is 5.92 Å². The van der Waals surface area contributed by atoms with Crippen LogP contribution in [0.2, 0.25) is 0 Å². The SMILES string of the molecule is COc1ccc(S(=O)(=O)N2CCC(C(=O)O)C2)c(OC)c1. The first-order valence-corrected chi connectivity index (χ1v) is 7.79. The summed E-state index contributed by atoms with van der Waals surface area (Å²) in [5.41, 5.74) is 0. The van der Waals surface area contributed by atoms with E-state index >= 15 is 0 Å². The molecule has 0 bridgehead atoms. The summed E-state index contributed by atoms with van der Waals surface area (Å²) in [6.45, 7) is 0.168. The molecule has 21 heavy (non-hydrogen) atoms. The lowest BCUT2D eigenvalue weighted by molar-refractivity contribution is -0.141. The van der Waals surface area contributed by atoms with Gasteiger partial charge in [-0.05, 0) is 18.6 Å². The van der Waals surface area contributed by atoms with Crippen molar-refractivity contribution in [1.29, 1.82) is 0 Å². The van der Waals surface area contributed by atoms with E-state index < -0.39 is 21.9 Å². The van der Waals surface area contributed by atoms with Crippen LogP contribution in [0.5, 0.6) is 11.5 Å². The van der Waals surface area contributed by atoms with Crippen molar-refractivity contribution in [2.45, 2.75) is 11.3 Å². The second-order valence-corrected chi connectivity index (χ2v) is 6.61. The van der Waals surface area contributed by atoms with Gasteiger partial charge in [0.2, 0.25) is 10.0 Å². The zero-order valence-electron chi connectivity index (χ0n) is 11.8. The molecule has 1 heterocycles. The third kappa shape index (κ3) is 2.96. The number of carbonyl (C=O) groups is 1. The van der Waals surface area contributed by atoms with Crippen LogP contribution < -0.4 is 9.47 Å². The molecule has 1 aromatic carbocycles. The summed E-state index contributed by atoms with van der Waals surface area (Å²) in [7, 11) is -0.937. The monoisotopic (exact) mass is 315 g/mol. The van der Waals surface area contributed by atoms with Crippen molar-refractivity contribution in [3.05, 3.63) is 18.2 Å². The molecule has 0 aliphatic carbocycles. The fourth-order valence-electron chi connectivity index (χ4n) is 2.28. The Kier molecular flexibility index (Phi) is 4.38. The molecule has 1 N–H and O–H groups in total. The molecule has 1 fully saturated rings. The molecule has 0 aromatic heterocycles. The summed E-state index contributed by atoms with van der Waals surface area (Å²) in [5.74, 6) is -0.984. The van der Waals surface area contributed by atoms with Crippen molar-refractivity contribution < 1.29 is 27.8 Å². The van der Waals surface area contributed by atoms with Gasteiger partial charge in [0.25, 0.3) is 0 Å². The second kappa shape index (κ2) is 5.90. The second-order valence-electron chi connectivity index (χ2n) is 4.70. The van der Waals surface area contributed by atoms with Crippen LogP contribution in [0.25, 0.3) is 0 Å². The fourth-order valence-corrected chi connectivity index (χ4v) is 3.91. The summed E-state index contributed by atoms with van der Waals surface area (Å²) in [6.07, 6.45) is 0.313. The first-order chi connectivity index (χ1) is 9.90. The van der Waals surface area contributed by atoms with Crippen LogP contribution in [-0.2, 0) is 14.8 Å². The molecular formula is C13H17NO6S. The normalized spacial score (nSPS) is 19.4. The Labute approximate surface area is 123 Å². The Morgan fingerprint density at radius 3 is 2.57 bits per heavy atom. The quantitative estimate of drug-likeness (QED) is 0.864. The fraction of sp³-hybridized carbons (Fsp3) is 0.462. The van der Waals surface area contributed by atoms with E-state index in [4.69, 9.17) is 14.6 Å². The van der Waals surface area contributed by atoms with Gasteiger partial charge in [0.05, 0.1) is 20.1 Å². The minimum absolute atomic E-state index is 0.0110. The Bertz CT molecular complexity index is 642. The van der Waals surface area contributed by atoms with Crippen molar-refractivity contribution in [2.75, 3.05) is 27.3 Å². The number of methoxy groups -OCH3 is 2. The molecule has 1 saturated heterocycles. The van der Waals surface area contributed by atoms with Crippen LogP contribution in [0.4, 0.5) is 0 Å². The van der Waals surface area contributed by atoms with Gasteiger partial charge in [-0.25, -0.2) is 8.42 Å². The van der Waals surface area contributed by atoms with Gasteiger partial charge >= 0.3 is 5.97 Å². The lowest BCUT2D eigenvalue weighted by Gasteiger charge is -2.18. The number of hydrogen-bond donors (Lipinski definition) is 1. The van der Waals surface area contributed by atoms with Gasteiger partial charge in [-0.1, -0.05) is 0 Å². The van der Waals surface area contributed by atoms with E-state index in [0.717, 1.165) is 0 Å². The molecule has 0 radical (unpaired) electrons. The van der Waals surface area contributed by atoms with Crippen molar-refractivity contribution in [1.82, 2.24) is 4.31 Å². The molecule has 1 unspecified atom stereocenters. The molecule has 116 valence electrons. The van der Waals surface area contributed by atoms with E-state index in [1.54, 1.807) is 0 Å². The molecule has 8 heteroatoms. The highest BCUT2D eigenvalue weighted by atomic mass is 32.2. The minimum atomic E-state index is -3.78. The molecule has 1 aromatic rings. The van der Waals surface area contributed by atoms with Gasteiger partial charge in [-0.2, -0.15) is 4.31 Å². The van der Waals surface area contributed by atoms with Crippen LogP contribution in [0.1, 0.15) is 6.42 Å². The lowest BCUT2D eigenvalue weighted by atomic mass is 10.1. The van der Waals surface area contributed by atoms with E-state index in [-0.39, 0.29) is 23.7 Å². The molecule has 0 spiro atoms. The standard InChI is InChI=1S/C13H17NO6S/c1-19-10-3-4-12(11(7-10)20-2)21(17,18)14-6-5-9(8-14)13(15)16/h3-4,7,9H,5-6,8H2,1-2H3,(H,15,16).